The molecule has 0 saturated heterocycles. The number of rotatable bonds is 44. The largest absolute Gasteiger partial charge is 0.370 e. The summed E-state index contributed by atoms with van der Waals surface area (Å²) < 4.78 is 0. The van der Waals surface area contributed by atoms with Crippen LogP contribution in [0.1, 0.15) is 219 Å². The Hall–Kier alpha value is -4.11. The summed E-state index contributed by atoms with van der Waals surface area (Å²) in [4.78, 5) is 74.6. The van der Waals surface area contributed by atoms with Crippen LogP contribution < -0.4 is 49.5 Å². The standard InChI is InChI=1S/C48H95N11O5/c1-4-6-8-10-12-14-16-18-20-22-24-26-28-34-42(60)56-38-41(57-43(61)35-29-27-25-23-21-19-17-15-13-11-9-7-5-2)46(64)59-40(33-31-37-55-48(51)52)45(63)58-39(44(62)53-3)32-30-36-54-47(49)50/h39-41H,4-38H2,1-3H3,(H,53,62)(H,56,60)(H,57,61)(H,58,63)(H,59,64)(H4,49,50,54)(H4,51,52,55). The molecular weight excluding hydrogens is 811 g/mol. The monoisotopic (exact) mass is 906 g/mol. The van der Waals surface area contributed by atoms with Gasteiger partial charge in [0.15, 0.2) is 11.9 Å². The van der Waals surface area contributed by atoms with Crippen LogP contribution in [0.15, 0.2) is 9.98 Å². The molecule has 13 N–H and O–H groups in total. The fraction of sp³-hybridized carbons (Fsp3) is 0.854. The Kier molecular flexibility index (Phi) is 40.1. The molecule has 0 fully saturated rings. The first kappa shape index (κ1) is 59.9. The van der Waals surface area contributed by atoms with E-state index in [1.54, 1.807) is 0 Å². The number of nitrogens with two attached hydrogens (primary N) is 4. The van der Waals surface area contributed by atoms with Gasteiger partial charge in [0.1, 0.15) is 18.1 Å². The van der Waals surface area contributed by atoms with Gasteiger partial charge in [-0.25, -0.2) is 0 Å². The SMILES string of the molecule is CCCCCCCCCCCCCCCC(=O)NCC(NC(=O)CCCCCCCCCCCCCCC)C(=O)NC(CCCN=C(N)N)C(=O)NC(CCCN=C(N)N)C(=O)NC. The van der Waals surface area contributed by atoms with Gasteiger partial charge in [0.2, 0.25) is 29.5 Å². The molecule has 0 rings (SSSR count). The molecule has 0 aliphatic carbocycles. The van der Waals surface area contributed by atoms with Crippen molar-refractivity contribution < 1.29 is 24.0 Å². The van der Waals surface area contributed by atoms with Crippen molar-refractivity contribution in [2.45, 2.75) is 237 Å². The van der Waals surface area contributed by atoms with Crippen molar-refractivity contribution in [2.24, 2.45) is 32.9 Å². The van der Waals surface area contributed by atoms with Crippen molar-refractivity contribution in [3.63, 3.8) is 0 Å². The molecule has 3 unspecified atom stereocenters. The smallest absolute Gasteiger partial charge is 0.245 e. The normalized spacial score (nSPS) is 12.4. The van der Waals surface area contributed by atoms with Crippen LogP contribution in [-0.4, -0.2) is 86.3 Å². The zero-order valence-electron chi connectivity index (χ0n) is 40.7. The lowest BCUT2D eigenvalue weighted by atomic mass is 10.0. The molecule has 0 aliphatic heterocycles. The van der Waals surface area contributed by atoms with E-state index in [0.29, 0.717) is 25.7 Å². The molecule has 3 atom stereocenters. The average Bonchev–Trinajstić information content (AvgIpc) is 3.26. The molecule has 0 aromatic carbocycles. The zero-order valence-corrected chi connectivity index (χ0v) is 40.7. The minimum atomic E-state index is -1.13. The summed E-state index contributed by atoms with van der Waals surface area (Å²) in [5.74, 6) is -2.34. The van der Waals surface area contributed by atoms with Crippen LogP contribution in [0, 0.1) is 0 Å². The number of nitrogens with zero attached hydrogens (tertiary/aromatic N) is 2. The van der Waals surface area contributed by atoms with Crippen molar-refractivity contribution in [2.75, 3.05) is 26.7 Å². The van der Waals surface area contributed by atoms with Gasteiger partial charge < -0.3 is 49.5 Å². The number of guanidine groups is 2. The van der Waals surface area contributed by atoms with Gasteiger partial charge in [-0.05, 0) is 38.5 Å². The Morgan fingerprint density at radius 3 is 1.09 bits per heavy atom. The number of nitrogens with one attached hydrogen (secondary N) is 5. The maximum Gasteiger partial charge on any atom is 0.245 e. The van der Waals surface area contributed by atoms with Crippen LogP contribution in [0.4, 0.5) is 0 Å². The van der Waals surface area contributed by atoms with Gasteiger partial charge in [-0.1, -0.05) is 168 Å². The molecule has 64 heavy (non-hydrogen) atoms. The minimum Gasteiger partial charge on any atom is -0.370 e. The molecule has 0 radical (unpaired) electrons. The lowest BCUT2D eigenvalue weighted by Gasteiger charge is -2.25. The summed E-state index contributed by atoms with van der Waals surface area (Å²) in [6.45, 7) is 4.81. The second-order valence-corrected chi connectivity index (χ2v) is 17.5. The van der Waals surface area contributed by atoms with E-state index in [1.807, 2.05) is 0 Å². The maximum absolute atomic E-state index is 13.9. The summed E-state index contributed by atoms with van der Waals surface area (Å²) in [5, 5.41) is 13.8. The zero-order chi connectivity index (χ0) is 47.5. The number of hydrogen-bond donors (Lipinski definition) is 9. The van der Waals surface area contributed by atoms with Crippen LogP contribution in [0.25, 0.3) is 0 Å². The first-order valence-electron chi connectivity index (χ1n) is 25.4. The highest BCUT2D eigenvalue weighted by Crippen LogP contribution is 2.15. The Balaban J connectivity index is 5.43. The van der Waals surface area contributed by atoms with E-state index < -0.39 is 35.8 Å². The second-order valence-electron chi connectivity index (χ2n) is 17.5. The third-order valence-electron chi connectivity index (χ3n) is 11.6. The van der Waals surface area contributed by atoms with E-state index in [9.17, 15) is 24.0 Å². The Morgan fingerprint density at radius 1 is 0.406 bits per heavy atom. The van der Waals surface area contributed by atoms with E-state index in [4.69, 9.17) is 22.9 Å². The molecule has 0 heterocycles. The van der Waals surface area contributed by atoms with E-state index in [0.717, 1.165) is 44.9 Å². The molecule has 0 aromatic rings. The van der Waals surface area contributed by atoms with Gasteiger partial charge in [-0.15, -0.1) is 0 Å². The number of aliphatic imine (C=N–C) groups is 2. The van der Waals surface area contributed by atoms with Crippen molar-refractivity contribution in [1.29, 1.82) is 0 Å². The van der Waals surface area contributed by atoms with Crippen LogP contribution >= 0.6 is 0 Å². The first-order valence-corrected chi connectivity index (χ1v) is 25.4. The Morgan fingerprint density at radius 2 is 0.734 bits per heavy atom. The van der Waals surface area contributed by atoms with Gasteiger partial charge in [0.25, 0.3) is 0 Å². The van der Waals surface area contributed by atoms with Gasteiger partial charge in [0.05, 0.1) is 0 Å². The Bertz CT molecular complexity index is 1270. The highest BCUT2D eigenvalue weighted by Gasteiger charge is 2.29. The van der Waals surface area contributed by atoms with Crippen LogP contribution in [0.3, 0.4) is 0 Å². The Labute approximate surface area is 388 Å². The van der Waals surface area contributed by atoms with E-state index in [2.05, 4.69) is 50.4 Å². The van der Waals surface area contributed by atoms with Crippen molar-refractivity contribution >= 4 is 41.5 Å². The van der Waals surface area contributed by atoms with Gasteiger partial charge in [-0.2, -0.15) is 0 Å². The number of carbonyl (C=O) groups excluding carboxylic acids is 5. The van der Waals surface area contributed by atoms with Crippen molar-refractivity contribution in [3.05, 3.63) is 0 Å². The molecule has 16 heteroatoms. The second kappa shape index (κ2) is 42.8. The number of likely N-dealkylation sites (N-methyl/N-ethyl adjacent to an activating group) is 1. The summed E-state index contributed by atoms with van der Waals surface area (Å²) in [5.41, 5.74) is 21.9. The number of unbranched alkanes of at least 4 members (excludes halogenated alkanes) is 24. The third-order valence-corrected chi connectivity index (χ3v) is 11.6. The highest BCUT2D eigenvalue weighted by atomic mass is 16.2. The van der Waals surface area contributed by atoms with Crippen molar-refractivity contribution in [3.8, 4) is 0 Å². The molecule has 16 nitrogen and oxygen atoms in total. The predicted molar refractivity (Wildman–Crippen MR) is 263 cm³/mol. The number of carbonyl (C=O) groups is 5. The fourth-order valence-corrected chi connectivity index (χ4v) is 7.65. The average molecular weight is 906 g/mol. The molecule has 0 aromatic heterocycles. The molecule has 5 amide bonds. The lowest BCUT2D eigenvalue weighted by molar-refractivity contribution is -0.134. The van der Waals surface area contributed by atoms with Crippen molar-refractivity contribution in [1.82, 2.24) is 26.6 Å². The quantitative estimate of drug-likeness (QED) is 0.0186. The van der Waals surface area contributed by atoms with Crippen LogP contribution in [0.5, 0.6) is 0 Å². The maximum atomic E-state index is 13.9. The van der Waals surface area contributed by atoms with Crippen LogP contribution in [0.2, 0.25) is 0 Å². The molecule has 0 bridgehead atoms. The molecular formula is C48H95N11O5. The van der Waals surface area contributed by atoms with Gasteiger partial charge in [0, 0.05) is 39.5 Å². The highest BCUT2D eigenvalue weighted by molar-refractivity contribution is 5.94. The van der Waals surface area contributed by atoms with Crippen LogP contribution in [-0.2, 0) is 24.0 Å². The lowest BCUT2D eigenvalue weighted by Crippen LogP contribution is -2.58. The molecule has 0 spiro atoms. The molecule has 0 saturated carbocycles. The number of amides is 5. The van der Waals surface area contributed by atoms with E-state index in [-0.39, 0.29) is 62.6 Å². The summed E-state index contributed by atoms with van der Waals surface area (Å²) >= 11 is 0. The number of hydrogen-bond acceptors (Lipinski definition) is 7. The van der Waals surface area contributed by atoms with Gasteiger partial charge >= 0.3 is 0 Å². The topological polar surface area (TPSA) is 274 Å². The first-order chi connectivity index (χ1) is 30.9. The fourth-order valence-electron chi connectivity index (χ4n) is 7.65. The van der Waals surface area contributed by atoms with E-state index in [1.165, 1.54) is 123 Å². The predicted octanol–water partition coefficient (Wildman–Crippen LogP) is 6.37. The molecule has 0 aliphatic rings. The van der Waals surface area contributed by atoms with E-state index >= 15 is 0 Å². The summed E-state index contributed by atoms with van der Waals surface area (Å²) in [6.07, 6.45) is 32.7. The van der Waals surface area contributed by atoms with Gasteiger partial charge in [-0.3, -0.25) is 34.0 Å². The summed E-state index contributed by atoms with van der Waals surface area (Å²) in [7, 11) is 1.46. The molecule has 372 valence electrons. The third kappa shape index (κ3) is 37.3. The summed E-state index contributed by atoms with van der Waals surface area (Å²) in [6, 6.07) is -3.16. The minimum absolute atomic E-state index is 0.0779.